The average Bonchev–Trinajstić information content (AvgIpc) is 3.02. The second-order valence-electron chi connectivity index (χ2n) is 6.43. The molecule has 3 rings (SSSR count). The van der Waals surface area contributed by atoms with Gasteiger partial charge >= 0.3 is 11.9 Å². The van der Waals surface area contributed by atoms with Crippen LogP contribution in [0.4, 0.5) is 0 Å². The van der Waals surface area contributed by atoms with E-state index < -0.39 is 23.4 Å². The zero-order chi connectivity index (χ0) is 19.8. The van der Waals surface area contributed by atoms with Crippen LogP contribution in [0.25, 0.3) is 0 Å². The van der Waals surface area contributed by atoms with E-state index in [0.29, 0.717) is 9.65 Å². The van der Waals surface area contributed by atoms with Gasteiger partial charge in [0.2, 0.25) is 11.8 Å². The van der Waals surface area contributed by atoms with Crippen LogP contribution in [-0.4, -0.2) is 69.1 Å². The minimum atomic E-state index is -1.34. The predicted molar refractivity (Wildman–Crippen MR) is 99.8 cm³/mol. The summed E-state index contributed by atoms with van der Waals surface area (Å²) < 4.78 is 5.47. The van der Waals surface area contributed by atoms with Gasteiger partial charge in [-0.2, -0.15) is 0 Å². The number of aliphatic carboxylic acids is 1. The summed E-state index contributed by atoms with van der Waals surface area (Å²) in [6, 6.07) is -0.690. The summed E-state index contributed by atoms with van der Waals surface area (Å²) in [4.78, 5) is 51.6. The number of hydrogen-bond donors (Lipinski definition) is 3. The van der Waals surface area contributed by atoms with Gasteiger partial charge in [0.25, 0.3) is 0 Å². The molecule has 1 aromatic heterocycles. The second-order valence-corrected chi connectivity index (χ2v) is 9.08. The Balaban J connectivity index is 1.61. The summed E-state index contributed by atoms with van der Waals surface area (Å²) in [5.41, 5.74) is -0.670. The molecular formula is C15H17N3O6S3. The van der Waals surface area contributed by atoms with E-state index in [2.05, 4.69) is 10.3 Å². The number of fused-ring (bicyclic) bond motifs is 1. The molecule has 2 aliphatic rings. The number of carbonyl (C=O) groups is 4. The Labute approximate surface area is 167 Å². The number of esters is 1. The molecule has 27 heavy (non-hydrogen) atoms. The lowest BCUT2D eigenvalue weighted by Gasteiger charge is -2.53. The number of ether oxygens (including phenoxy) is 1. The van der Waals surface area contributed by atoms with Gasteiger partial charge in [-0.3, -0.25) is 19.2 Å². The summed E-state index contributed by atoms with van der Waals surface area (Å²) in [7, 11) is 0. The summed E-state index contributed by atoms with van der Waals surface area (Å²) >= 11 is 7.55. The standard InChI is InChI=1S/C15H17N3O6S3/c1-7(19)24-5-15(13(22)23)4-18-11(21)10(12(18)27-6-15)17-9(20)2-8-3-26-14(25)16-8/h3,10,12H,2,4-6H2,1H3,(H,16,25)(H,17,20)(H,22,23)/t10?,12-,15?/m1/s1. The molecule has 2 saturated heterocycles. The zero-order valence-corrected chi connectivity index (χ0v) is 16.7. The number of aromatic nitrogens is 1. The molecule has 2 aliphatic heterocycles. The number of β-lactam (4-membered cyclic amide) rings is 1. The maximum atomic E-state index is 12.4. The molecule has 0 saturated carbocycles. The Hall–Kier alpha value is -1.92. The lowest BCUT2D eigenvalue weighted by Crippen LogP contribution is -2.74. The van der Waals surface area contributed by atoms with Crippen LogP contribution in [0.3, 0.4) is 0 Å². The van der Waals surface area contributed by atoms with Gasteiger partial charge < -0.3 is 25.0 Å². The highest BCUT2D eigenvalue weighted by atomic mass is 32.2. The van der Waals surface area contributed by atoms with Crippen LogP contribution in [-0.2, 0) is 30.3 Å². The Morgan fingerprint density at radius 3 is 2.85 bits per heavy atom. The van der Waals surface area contributed by atoms with Crippen LogP contribution in [0.15, 0.2) is 5.38 Å². The minimum Gasteiger partial charge on any atom is -0.481 e. The van der Waals surface area contributed by atoms with Crippen molar-refractivity contribution < 1.29 is 29.0 Å². The number of H-pyrrole nitrogens is 1. The topological polar surface area (TPSA) is 129 Å². The van der Waals surface area contributed by atoms with Gasteiger partial charge in [0.1, 0.15) is 23.4 Å². The van der Waals surface area contributed by atoms with Crippen molar-refractivity contribution in [1.29, 1.82) is 0 Å². The lowest BCUT2D eigenvalue weighted by atomic mass is 9.88. The molecule has 0 spiro atoms. The molecule has 0 radical (unpaired) electrons. The molecule has 1 aromatic rings. The Kier molecular flexibility index (Phi) is 5.58. The van der Waals surface area contributed by atoms with Crippen molar-refractivity contribution >= 4 is 59.1 Å². The smallest absolute Gasteiger partial charge is 0.315 e. The number of nitrogens with zero attached hydrogens (tertiary/aromatic N) is 1. The van der Waals surface area contributed by atoms with Crippen LogP contribution < -0.4 is 5.32 Å². The zero-order valence-electron chi connectivity index (χ0n) is 14.2. The van der Waals surface area contributed by atoms with Crippen LogP contribution in [0.1, 0.15) is 12.6 Å². The number of carboxylic acids is 1. The second kappa shape index (κ2) is 7.60. The number of thioether (sulfide) groups is 1. The number of amides is 2. The van der Waals surface area contributed by atoms with Gasteiger partial charge in [0.15, 0.2) is 3.95 Å². The van der Waals surface area contributed by atoms with Gasteiger partial charge in [-0.05, 0) is 12.2 Å². The van der Waals surface area contributed by atoms with Crippen molar-refractivity contribution in [3.63, 3.8) is 0 Å². The lowest BCUT2D eigenvalue weighted by molar-refractivity contribution is -0.164. The summed E-state index contributed by atoms with van der Waals surface area (Å²) in [6.45, 7) is 0.847. The highest BCUT2D eigenvalue weighted by Crippen LogP contribution is 2.42. The van der Waals surface area contributed by atoms with Gasteiger partial charge in [0, 0.05) is 30.3 Å². The van der Waals surface area contributed by atoms with E-state index >= 15 is 0 Å². The van der Waals surface area contributed by atoms with Crippen LogP contribution in [0.5, 0.6) is 0 Å². The van der Waals surface area contributed by atoms with E-state index in [1.165, 1.54) is 34.9 Å². The first kappa shape index (κ1) is 19.8. The molecule has 2 amide bonds. The highest BCUT2D eigenvalue weighted by molar-refractivity contribution is 8.00. The maximum absolute atomic E-state index is 12.4. The van der Waals surface area contributed by atoms with Gasteiger partial charge in [-0.1, -0.05) is 0 Å². The van der Waals surface area contributed by atoms with Crippen LogP contribution in [0, 0.1) is 9.37 Å². The molecule has 12 heteroatoms. The normalized spacial score (nSPS) is 26.7. The quantitative estimate of drug-likeness (QED) is 0.335. The number of thiazole rings is 1. The Morgan fingerprint density at radius 1 is 1.52 bits per heavy atom. The van der Waals surface area contributed by atoms with E-state index in [1.54, 1.807) is 5.38 Å². The first-order chi connectivity index (χ1) is 12.7. The van der Waals surface area contributed by atoms with Crippen LogP contribution in [0.2, 0.25) is 0 Å². The first-order valence-electron chi connectivity index (χ1n) is 7.97. The number of rotatable bonds is 6. The minimum absolute atomic E-state index is 0.0594. The van der Waals surface area contributed by atoms with Crippen molar-refractivity contribution in [3.8, 4) is 0 Å². The number of carbonyl (C=O) groups excluding carboxylic acids is 3. The van der Waals surface area contributed by atoms with Crippen LogP contribution >= 0.6 is 35.3 Å². The first-order valence-corrected chi connectivity index (χ1v) is 10.3. The SMILES string of the molecule is CC(=O)OCC1(C(=O)O)CS[C@@H]2C(NC(=O)Cc3csc(=S)[nH]3)C(=O)N2C1. The Morgan fingerprint density at radius 2 is 2.26 bits per heavy atom. The molecule has 0 aromatic carbocycles. The molecule has 3 heterocycles. The van der Waals surface area contributed by atoms with E-state index in [1.807, 2.05) is 0 Å². The van der Waals surface area contributed by atoms with Gasteiger partial charge in [-0.15, -0.1) is 23.1 Å². The number of nitrogens with one attached hydrogen (secondary N) is 2. The third-order valence-electron chi connectivity index (χ3n) is 4.39. The fourth-order valence-electron chi connectivity index (χ4n) is 2.94. The Bertz CT molecular complexity index is 852. The van der Waals surface area contributed by atoms with E-state index in [4.69, 9.17) is 17.0 Å². The monoisotopic (exact) mass is 431 g/mol. The van der Waals surface area contributed by atoms with Crippen molar-refractivity contribution in [2.75, 3.05) is 18.9 Å². The predicted octanol–water partition coefficient (Wildman–Crippen LogP) is 0.382. The summed E-state index contributed by atoms with van der Waals surface area (Å²) in [6.07, 6.45) is 0.0832. The third-order valence-corrected chi connectivity index (χ3v) is 7.09. The van der Waals surface area contributed by atoms with E-state index in [0.717, 1.165) is 0 Å². The van der Waals surface area contributed by atoms with Gasteiger partial charge in [-0.25, -0.2) is 0 Å². The maximum Gasteiger partial charge on any atom is 0.315 e. The number of carboxylic acid groups (broad SMARTS) is 1. The summed E-state index contributed by atoms with van der Waals surface area (Å²) in [5.74, 6) is -2.17. The molecule has 0 aliphatic carbocycles. The number of hydrogen-bond acceptors (Lipinski definition) is 8. The van der Waals surface area contributed by atoms with E-state index in [-0.39, 0.29) is 42.5 Å². The largest absolute Gasteiger partial charge is 0.481 e. The molecule has 2 fully saturated rings. The molecule has 9 nitrogen and oxygen atoms in total. The average molecular weight is 432 g/mol. The van der Waals surface area contributed by atoms with E-state index in [9.17, 15) is 24.3 Å². The third kappa shape index (κ3) is 4.01. The fraction of sp³-hybridized carbons (Fsp3) is 0.533. The van der Waals surface area contributed by atoms with Crippen molar-refractivity contribution in [2.24, 2.45) is 5.41 Å². The molecule has 3 atom stereocenters. The fourth-order valence-corrected chi connectivity index (χ4v) is 5.32. The molecule has 146 valence electrons. The summed E-state index contributed by atoms with van der Waals surface area (Å²) in [5, 5.41) is 13.7. The van der Waals surface area contributed by atoms with Crippen molar-refractivity contribution in [2.45, 2.75) is 24.8 Å². The number of aromatic amines is 1. The van der Waals surface area contributed by atoms with Crippen molar-refractivity contribution in [1.82, 2.24) is 15.2 Å². The van der Waals surface area contributed by atoms with Gasteiger partial charge in [0.05, 0.1) is 6.42 Å². The molecular weight excluding hydrogens is 414 g/mol. The molecule has 0 bridgehead atoms. The van der Waals surface area contributed by atoms with Crippen molar-refractivity contribution in [3.05, 3.63) is 15.0 Å². The molecule has 3 N–H and O–H groups in total. The molecule has 2 unspecified atom stereocenters. The highest BCUT2D eigenvalue weighted by Gasteiger charge is 2.57.